The first kappa shape index (κ1) is 20.2. The third-order valence-corrected chi connectivity index (χ3v) is 5.19. The van der Waals surface area contributed by atoms with Crippen LogP contribution in [0.2, 0.25) is 0 Å². The van der Waals surface area contributed by atoms with Crippen LogP contribution in [-0.2, 0) is 19.6 Å². The SMILES string of the molecule is CCS(=O)(=O)NC(CCSC)C(=O)NC(C)C(C)C(=O)O. The molecule has 0 aromatic carbocycles. The molecule has 0 bridgehead atoms. The minimum atomic E-state index is -3.50. The fourth-order valence-electron chi connectivity index (χ4n) is 1.44. The van der Waals surface area contributed by atoms with Crippen LogP contribution in [0, 0.1) is 5.92 Å². The summed E-state index contributed by atoms with van der Waals surface area (Å²) < 4.78 is 25.6. The van der Waals surface area contributed by atoms with Gasteiger partial charge in [-0.1, -0.05) is 0 Å². The molecule has 0 fully saturated rings. The zero-order valence-electron chi connectivity index (χ0n) is 12.8. The average molecular weight is 340 g/mol. The van der Waals surface area contributed by atoms with Gasteiger partial charge in [-0.25, -0.2) is 13.1 Å². The molecule has 0 saturated heterocycles. The number of carboxylic acid groups (broad SMARTS) is 1. The second-order valence-corrected chi connectivity index (χ2v) is 7.81. The third kappa shape index (κ3) is 7.68. The van der Waals surface area contributed by atoms with E-state index in [9.17, 15) is 18.0 Å². The molecule has 0 rings (SSSR count). The van der Waals surface area contributed by atoms with E-state index in [1.165, 1.54) is 25.6 Å². The molecule has 0 heterocycles. The van der Waals surface area contributed by atoms with Crippen molar-refractivity contribution in [3.05, 3.63) is 0 Å². The number of aliphatic carboxylic acids is 1. The fourth-order valence-corrected chi connectivity index (χ4v) is 2.74. The predicted octanol–water partition coefficient (Wildman–Crippen LogP) is 0.273. The van der Waals surface area contributed by atoms with Gasteiger partial charge in [0.15, 0.2) is 0 Å². The van der Waals surface area contributed by atoms with Gasteiger partial charge in [0.25, 0.3) is 0 Å². The van der Waals surface area contributed by atoms with Crippen molar-refractivity contribution in [2.75, 3.05) is 17.8 Å². The lowest BCUT2D eigenvalue weighted by molar-refractivity contribution is -0.142. The first-order valence-electron chi connectivity index (χ1n) is 6.66. The van der Waals surface area contributed by atoms with E-state index in [0.717, 1.165) is 0 Å². The minimum Gasteiger partial charge on any atom is -0.481 e. The molecule has 9 heteroatoms. The molecule has 0 aliphatic rings. The van der Waals surface area contributed by atoms with Crippen LogP contribution >= 0.6 is 11.8 Å². The Morgan fingerprint density at radius 2 is 1.86 bits per heavy atom. The predicted molar refractivity (Wildman–Crippen MR) is 83.8 cm³/mol. The molecule has 21 heavy (non-hydrogen) atoms. The lowest BCUT2D eigenvalue weighted by Gasteiger charge is -2.22. The van der Waals surface area contributed by atoms with Crippen molar-refractivity contribution in [2.24, 2.45) is 5.92 Å². The van der Waals surface area contributed by atoms with Crippen molar-refractivity contribution in [1.29, 1.82) is 0 Å². The summed E-state index contributed by atoms with van der Waals surface area (Å²) in [6.07, 6.45) is 2.21. The van der Waals surface area contributed by atoms with Gasteiger partial charge >= 0.3 is 5.97 Å². The summed E-state index contributed by atoms with van der Waals surface area (Å²) in [5.74, 6) is -1.76. The molecule has 0 aromatic rings. The van der Waals surface area contributed by atoms with Crippen molar-refractivity contribution < 1.29 is 23.1 Å². The van der Waals surface area contributed by atoms with Crippen LogP contribution in [0.15, 0.2) is 0 Å². The first-order chi connectivity index (χ1) is 9.64. The van der Waals surface area contributed by atoms with E-state index >= 15 is 0 Å². The summed E-state index contributed by atoms with van der Waals surface area (Å²) in [5, 5.41) is 11.5. The van der Waals surface area contributed by atoms with Crippen LogP contribution < -0.4 is 10.0 Å². The number of rotatable bonds is 10. The molecule has 0 aromatic heterocycles. The maximum atomic E-state index is 12.1. The van der Waals surface area contributed by atoms with Gasteiger partial charge in [0.05, 0.1) is 11.7 Å². The zero-order valence-corrected chi connectivity index (χ0v) is 14.4. The average Bonchev–Trinajstić information content (AvgIpc) is 2.41. The van der Waals surface area contributed by atoms with E-state index in [1.54, 1.807) is 6.92 Å². The molecule has 0 radical (unpaired) electrons. The second kappa shape index (κ2) is 9.26. The lowest BCUT2D eigenvalue weighted by Crippen LogP contribution is -2.51. The van der Waals surface area contributed by atoms with Gasteiger partial charge in [-0.3, -0.25) is 9.59 Å². The van der Waals surface area contributed by atoms with E-state index in [0.29, 0.717) is 12.2 Å². The molecule has 7 nitrogen and oxygen atoms in total. The van der Waals surface area contributed by atoms with Crippen LogP contribution in [0.3, 0.4) is 0 Å². The highest BCUT2D eigenvalue weighted by atomic mass is 32.2. The number of carbonyl (C=O) groups excluding carboxylic acids is 1. The minimum absolute atomic E-state index is 0.114. The molecular formula is C12H24N2O5S2. The second-order valence-electron chi connectivity index (χ2n) is 4.78. The molecular weight excluding hydrogens is 316 g/mol. The van der Waals surface area contributed by atoms with E-state index in [2.05, 4.69) is 10.0 Å². The molecule has 0 spiro atoms. The van der Waals surface area contributed by atoms with E-state index < -0.39 is 39.9 Å². The number of hydrogen-bond acceptors (Lipinski definition) is 5. The smallest absolute Gasteiger partial charge is 0.308 e. The van der Waals surface area contributed by atoms with Gasteiger partial charge < -0.3 is 10.4 Å². The standard InChI is InChI=1S/C12H24N2O5S2/c1-5-21(18,19)14-10(6-7-20-4)11(15)13-9(3)8(2)12(16)17/h8-10,14H,5-7H2,1-4H3,(H,13,15)(H,16,17). The summed E-state index contributed by atoms with van der Waals surface area (Å²) in [7, 11) is -3.50. The van der Waals surface area contributed by atoms with Crippen LogP contribution in [0.25, 0.3) is 0 Å². The Bertz CT molecular complexity index is 453. The van der Waals surface area contributed by atoms with Gasteiger partial charge in [-0.2, -0.15) is 11.8 Å². The summed E-state index contributed by atoms with van der Waals surface area (Å²) in [4.78, 5) is 23.0. The third-order valence-electron chi connectivity index (χ3n) is 3.14. The van der Waals surface area contributed by atoms with Crippen molar-refractivity contribution in [2.45, 2.75) is 39.3 Å². The molecule has 124 valence electrons. The van der Waals surface area contributed by atoms with Crippen LogP contribution in [0.4, 0.5) is 0 Å². The summed E-state index contributed by atoms with van der Waals surface area (Å²) in [6.45, 7) is 4.55. The maximum absolute atomic E-state index is 12.1. The van der Waals surface area contributed by atoms with Crippen molar-refractivity contribution in [1.82, 2.24) is 10.0 Å². The van der Waals surface area contributed by atoms with Gasteiger partial charge in [0.1, 0.15) is 6.04 Å². The monoisotopic (exact) mass is 340 g/mol. The van der Waals surface area contributed by atoms with Crippen LogP contribution in [0.1, 0.15) is 27.2 Å². The normalized spacial score (nSPS) is 16.0. The largest absolute Gasteiger partial charge is 0.481 e. The van der Waals surface area contributed by atoms with Crippen molar-refractivity contribution >= 4 is 33.7 Å². The number of carbonyl (C=O) groups is 2. The molecule has 3 N–H and O–H groups in total. The van der Waals surface area contributed by atoms with E-state index in [4.69, 9.17) is 5.11 Å². The highest BCUT2D eigenvalue weighted by Gasteiger charge is 2.27. The topological polar surface area (TPSA) is 113 Å². The van der Waals surface area contributed by atoms with Gasteiger partial charge in [0.2, 0.25) is 15.9 Å². The highest BCUT2D eigenvalue weighted by Crippen LogP contribution is 2.06. The number of thioether (sulfide) groups is 1. The van der Waals surface area contributed by atoms with Crippen molar-refractivity contribution in [3.63, 3.8) is 0 Å². The number of carboxylic acids is 1. The number of amides is 1. The molecule has 3 unspecified atom stereocenters. The molecule has 0 aliphatic carbocycles. The molecule has 1 amide bonds. The van der Waals surface area contributed by atoms with Gasteiger partial charge in [-0.15, -0.1) is 0 Å². The Balaban J connectivity index is 4.83. The Labute approximate surface area is 130 Å². The lowest BCUT2D eigenvalue weighted by atomic mass is 10.0. The number of nitrogens with one attached hydrogen (secondary N) is 2. The molecule has 0 aliphatic heterocycles. The first-order valence-corrected chi connectivity index (χ1v) is 9.71. The van der Waals surface area contributed by atoms with Gasteiger partial charge in [-0.05, 0) is 39.2 Å². The summed E-state index contributed by atoms with van der Waals surface area (Å²) >= 11 is 1.50. The van der Waals surface area contributed by atoms with Crippen molar-refractivity contribution in [3.8, 4) is 0 Å². The number of sulfonamides is 1. The zero-order chi connectivity index (χ0) is 16.6. The molecule has 3 atom stereocenters. The van der Waals surface area contributed by atoms with Gasteiger partial charge in [0, 0.05) is 6.04 Å². The quantitative estimate of drug-likeness (QED) is 0.526. The van der Waals surface area contributed by atoms with E-state index in [1.807, 2.05) is 6.26 Å². The Morgan fingerprint density at radius 1 is 1.29 bits per heavy atom. The number of hydrogen-bond donors (Lipinski definition) is 3. The van der Waals surface area contributed by atoms with Crippen LogP contribution in [-0.4, -0.2) is 55.2 Å². The maximum Gasteiger partial charge on any atom is 0.308 e. The summed E-state index contributed by atoms with van der Waals surface area (Å²) in [5.41, 5.74) is 0. The highest BCUT2D eigenvalue weighted by molar-refractivity contribution is 7.98. The molecule has 0 saturated carbocycles. The Hall–Kier alpha value is -0.800. The van der Waals surface area contributed by atoms with E-state index in [-0.39, 0.29) is 5.75 Å². The fraction of sp³-hybridized carbons (Fsp3) is 0.833. The van der Waals surface area contributed by atoms with Crippen LogP contribution in [0.5, 0.6) is 0 Å². The Kier molecular flexibility index (Phi) is 8.91. The Morgan fingerprint density at radius 3 is 2.29 bits per heavy atom. The summed E-state index contributed by atoms with van der Waals surface area (Å²) in [6, 6.07) is -1.47.